The molecule has 0 aromatic carbocycles. The van der Waals surface area contributed by atoms with Gasteiger partial charge < -0.3 is 23.7 Å². The molecule has 0 rings (SSSR count). The highest BCUT2D eigenvalue weighted by Gasteiger charge is 2.40. The first-order valence-electron chi connectivity index (χ1n) is 12.2. The molecule has 30 heavy (non-hydrogen) atoms. The molecular formula is C24H48O6. The molecule has 0 aliphatic heterocycles. The van der Waals surface area contributed by atoms with Crippen LogP contribution in [0.4, 0.5) is 0 Å². The molecule has 180 valence electrons. The van der Waals surface area contributed by atoms with Gasteiger partial charge in [0, 0.05) is 33.0 Å². The highest BCUT2D eigenvalue weighted by molar-refractivity contribution is 5.88. The minimum atomic E-state index is -0.725. The lowest BCUT2D eigenvalue weighted by atomic mass is 9.97. The topological polar surface area (TPSA) is 63.2 Å². The number of carbonyl (C=O) groups excluding carboxylic acids is 1. The molecule has 0 radical (unpaired) electrons. The molecule has 0 heterocycles. The van der Waals surface area contributed by atoms with Gasteiger partial charge in [-0.2, -0.15) is 0 Å². The van der Waals surface area contributed by atoms with Crippen molar-refractivity contribution in [3.05, 3.63) is 0 Å². The smallest absolute Gasteiger partial charge is 0.192 e. The number of hydrogen-bond acceptors (Lipinski definition) is 6. The Morgan fingerprint density at radius 2 is 1.17 bits per heavy atom. The molecule has 0 aromatic heterocycles. The Labute approximate surface area is 185 Å². The van der Waals surface area contributed by atoms with Crippen LogP contribution in [-0.2, 0) is 28.5 Å². The summed E-state index contributed by atoms with van der Waals surface area (Å²) in [5, 5.41) is 0. The summed E-state index contributed by atoms with van der Waals surface area (Å²) in [5.74, 6) is -0.0413. The van der Waals surface area contributed by atoms with Crippen molar-refractivity contribution < 1.29 is 28.5 Å². The minimum Gasteiger partial charge on any atom is -0.379 e. The molecule has 0 amide bonds. The molecule has 0 fully saturated rings. The van der Waals surface area contributed by atoms with Gasteiger partial charge in [-0.25, -0.2) is 0 Å². The molecule has 1 unspecified atom stereocenters. The van der Waals surface area contributed by atoms with Gasteiger partial charge in [0.15, 0.2) is 5.78 Å². The molecule has 0 aromatic rings. The summed E-state index contributed by atoms with van der Waals surface area (Å²) < 4.78 is 30.1. The summed E-state index contributed by atoms with van der Waals surface area (Å²) in [6, 6.07) is 0. The van der Waals surface area contributed by atoms with Gasteiger partial charge in [0.1, 0.15) is 24.4 Å². The van der Waals surface area contributed by atoms with Crippen molar-refractivity contribution in [2.45, 2.75) is 111 Å². The second-order valence-electron chi connectivity index (χ2n) is 7.66. The average molecular weight is 433 g/mol. The van der Waals surface area contributed by atoms with Crippen molar-refractivity contribution in [2.24, 2.45) is 0 Å². The summed E-state index contributed by atoms with van der Waals surface area (Å²) in [6.45, 7) is 15.6. The molecule has 0 N–H and O–H groups in total. The molecule has 6 heteroatoms. The van der Waals surface area contributed by atoms with E-state index in [4.69, 9.17) is 23.7 Å². The van der Waals surface area contributed by atoms with Crippen molar-refractivity contribution in [1.82, 2.24) is 0 Å². The van der Waals surface area contributed by atoms with Crippen molar-refractivity contribution in [2.75, 3.05) is 39.6 Å². The fourth-order valence-electron chi connectivity index (χ4n) is 3.09. The Bertz CT molecular complexity index is 390. The zero-order chi connectivity index (χ0) is 22.6. The SMILES string of the molecule is CCCOC[C@@H](OCCC)[C@H](OCCC)[C@@H](OCCC)C(=O)C(CCC)OCCC. The van der Waals surface area contributed by atoms with E-state index in [9.17, 15) is 4.79 Å². The third-order valence-corrected chi connectivity index (χ3v) is 4.52. The van der Waals surface area contributed by atoms with Gasteiger partial charge in [-0.15, -0.1) is 0 Å². The van der Waals surface area contributed by atoms with Crippen LogP contribution in [0.5, 0.6) is 0 Å². The van der Waals surface area contributed by atoms with Gasteiger partial charge in [-0.05, 0) is 38.5 Å². The highest BCUT2D eigenvalue weighted by atomic mass is 16.6. The number of ketones is 1. The maximum atomic E-state index is 13.5. The van der Waals surface area contributed by atoms with E-state index in [0.29, 0.717) is 46.1 Å². The number of carbonyl (C=O) groups is 1. The largest absolute Gasteiger partial charge is 0.379 e. The van der Waals surface area contributed by atoms with E-state index < -0.39 is 18.3 Å². The van der Waals surface area contributed by atoms with Crippen LogP contribution in [-0.4, -0.2) is 69.8 Å². The van der Waals surface area contributed by atoms with Crippen molar-refractivity contribution >= 4 is 5.78 Å². The predicted molar refractivity (Wildman–Crippen MR) is 121 cm³/mol. The zero-order valence-electron chi connectivity index (χ0n) is 20.5. The number of rotatable bonds is 22. The van der Waals surface area contributed by atoms with Crippen molar-refractivity contribution in [3.8, 4) is 0 Å². The molecule has 0 aliphatic carbocycles. The van der Waals surface area contributed by atoms with E-state index in [1.54, 1.807) is 0 Å². The highest BCUT2D eigenvalue weighted by Crippen LogP contribution is 2.20. The molecule has 4 atom stereocenters. The van der Waals surface area contributed by atoms with E-state index in [0.717, 1.165) is 38.5 Å². The van der Waals surface area contributed by atoms with Gasteiger partial charge in [-0.3, -0.25) is 4.79 Å². The summed E-state index contributed by atoms with van der Waals surface area (Å²) in [6.07, 6.45) is 3.84. The Hall–Kier alpha value is -0.530. The van der Waals surface area contributed by atoms with Gasteiger partial charge in [0.05, 0.1) is 6.61 Å². The third kappa shape index (κ3) is 12.4. The van der Waals surface area contributed by atoms with Crippen molar-refractivity contribution in [1.29, 1.82) is 0 Å². The first-order valence-corrected chi connectivity index (χ1v) is 12.2. The molecular weight excluding hydrogens is 384 g/mol. The van der Waals surface area contributed by atoms with Gasteiger partial charge >= 0.3 is 0 Å². The second-order valence-corrected chi connectivity index (χ2v) is 7.66. The van der Waals surface area contributed by atoms with E-state index in [1.807, 2.05) is 13.8 Å². The van der Waals surface area contributed by atoms with Crippen LogP contribution < -0.4 is 0 Å². The first-order chi connectivity index (χ1) is 14.6. The molecule has 0 saturated heterocycles. The van der Waals surface area contributed by atoms with Crippen LogP contribution in [0.25, 0.3) is 0 Å². The number of ether oxygens (including phenoxy) is 5. The maximum absolute atomic E-state index is 13.5. The molecule has 0 bridgehead atoms. The van der Waals surface area contributed by atoms with E-state index in [-0.39, 0.29) is 11.9 Å². The lowest BCUT2D eigenvalue weighted by Crippen LogP contribution is -2.52. The van der Waals surface area contributed by atoms with Crippen molar-refractivity contribution in [3.63, 3.8) is 0 Å². The monoisotopic (exact) mass is 432 g/mol. The Morgan fingerprint density at radius 1 is 0.633 bits per heavy atom. The average Bonchev–Trinajstić information content (AvgIpc) is 2.75. The Kier molecular flexibility index (Phi) is 20.0. The van der Waals surface area contributed by atoms with Crippen LogP contribution >= 0.6 is 0 Å². The molecule has 0 aliphatic rings. The number of hydrogen-bond donors (Lipinski definition) is 0. The van der Waals surface area contributed by atoms with E-state index in [2.05, 4.69) is 27.7 Å². The third-order valence-electron chi connectivity index (χ3n) is 4.52. The normalized spacial score (nSPS) is 15.7. The van der Waals surface area contributed by atoms with Gasteiger partial charge in [-0.1, -0.05) is 48.0 Å². The Balaban J connectivity index is 5.71. The van der Waals surface area contributed by atoms with Crippen LogP contribution in [0.3, 0.4) is 0 Å². The molecule has 0 spiro atoms. The first kappa shape index (κ1) is 29.5. The standard InChI is InChI=1S/C24H48O6/c1-7-13-20(27-15-9-3)22(25)24(30-18-12-6)23(29-17-11-5)21(28-16-10-4)19-26-14-8-2/h20-21,23-24H,7-19H2,1-6H3/t20?,21-,23+,24+/m1/s1. The van der Waals surface area contributed by atoms with E-state index in [1.165, 1.54) is 0 Å². The fraction of sp³-hybridized carbons (Fsp3) is 0.958. The van der Waals surface area contributed by atoms with Crippen LogP contribution in [0, 0.1) is 0 Å². The van der Waals surface area contributed by atoms with Crippen LogP contribution in [0.15, 0.2) is 0 Å². The summed E-state index contributed by atoms with van der Waals surface area (Å²) in [5.41, 5.74) is 0. The van der Waals surface area contributed by atoms with Crippen LogP contribution in [0.1, 0.15) is 86.5 Å². The molecule has 0 saturated carbocycles. The minimum absolute atomic E-state index is 0.0413. The lowest BCUT2D eigenvalue weighted by Gasteiger charge is -2.34. The predicted octanol–water partition coefficient (Wildman–Crippen LogP) is 4.96. The van der Waals surface area contributed by atoms with E-state index >= 15 is 0 Å². The van der Waals surface area contributed by atoms with Gasteiger partial charge in [0.2, 0.25) is 0 Å². The van der Waals surface area contributed by atoms with Gasteiger partial charge in [0.25, 0.3) is 0 Å². The quantitative estimate of drug-likeness (QED) is 0.225. The summed E-state index contributed by atoms with van der Waals surface area (Å²) >= 11 is 0. The second kappa shape index (κ2) is 20.4. The summed E-state index contributed by atoms with van der Waals surface area (Å²) in [4.78, 5) is 13.5. The Morgan fingerprint density at radius 3 is 1.73 bits per heavy atom. The zero-order valence-corrected chi connectivity index (χ0v) is 20.5. The maximum Gasteiger partial charge on any atom is 0.192 e. The van der Waals surface area contributed by atoms with Crippen LogP contribution in [0.2, 0.25) is 0 Å². The lowest BCUT2D eigenvalue weighted by molar-refractivity contribution is -0.176. The fourth-order valence-corrected chi connectivity index (χ4v) is 3.09. The number of Topliss-reactive ketones (excluding diaryl/α,β-unsaturated/α-hetero) is 1. The summed E-state index contributed by atoms with van der Waals surface area (Å²) in [7, 11) is 0. The molecule has 6 nitrogen and oxygen atoms in total.